The van der Waals surface area contributed by atoms with Crippen molar-refractivity contribution in [1.29, 1.82) is 0 Å². The van der Waals surface area contributed by atoms with E-state index >= 15 is 0 Å². The molecule has 1 N–H and O–H groups in total. The van der Waals surface area contributed by atoms with E-state index in [9.17, 15) is 4.79 Å². The molecule has 0 radical (unpaired) electrons. The molecule has 0 saturated heterocycles. The number of carbonyl (C=O) groups excluding carboxylic acids is 1. The SMILES string of the molecule is O=C(COc1ncn(-c2ccccc2)n1)NCc1ccco1. The summed E-state index contributed by atoms with van der Waals surface area (Å²) in [5.41, 5.74) is 0.868. The number of carbonyl (C=O) groups is 1. The normalized spacial score (nSPS) is 10.4. The minimum absolute atomic E-state index is 0.150. The van der Waals surface area contributed by atoms with Gasteiger partial charge < -0.3 is 14.5 Å². The fraction of sp³-hybridized carbons (Fsp3) is 0.133. The standard InChI is InChI=1S/C15H14N4O3/c20-14(16-9-13-7-4-8-21-13)10-22-15-17-11-19(18-15)12-5-2-1-3-6-12/h1-8,11H,9-10H2,(H,16,20). The Morgan fingerprint density at radius 1 is 1.23 bits per heavy atom. The van der Waals surface area contributed by atoms with Crippen molar-refractivity contribution in [3.8, 4) is 11.7 Å². The summed E-state index contributed by atoms with van der Waals surface area (Å²) in [4.78, 5) is 15.7. The fourth-order valence-electron chi connectivity index (χ4n) is 1.80. The number of furan rings is 1. The number of benzene rings is 1. The largest absolute Gasteiger partial charge is 0.467 e. The number of amides is 1. The molecule has 0 saturated carbocycles. The number of nitrogens with zero attached hydrogens (tertiary/aromatic N) is 3. The van der Waals surface area contributed by atoms with Crippen molar-refractivity contribution >= 4 is 5.91 Å². The van der Waals surface area contributed by atoms with Gasteiger partial charge in [-0.1, -0.05) is 18.2 Å². The van der Waals surface area contributed by atoms with E-state index in [1.807, 2.05) is 30.3 Å². The summed E-state index contributed by atoms with van der Waals surface area (Å²) in [7, 11) is 0. The van der Waals surface area contributed by atoms with Crippen LogP contribution >= 0.6 is 0 Å². The Balaban J connectivity index is 1.49. The van der Waals surface area contributed by atoms with Crippen LogP contribution in [0, 0.1) is 0 Å². The van der Waals surface area contributed by atoms with Crippen LogP contribution < -0.4 is 10.1 Å². The molecule has 3 rings (SSSR count). The molecule has 7 nitrogen and oxygen atoms in total. The van der Waals surface area contributed by atoms with Crippen molar-refractivity contribution in [2.45, 2.75) is 6.54 Å². The molecule has 0 fully saturated rings. The van der Waals surface area contributed by atoms with E-state index in [4.69, 9.17) is 9.15 Å². The Morgan fingerprint density at radius 2 is 2.09 bits per heavy atom. The van der Waals surface area contributed by atoms with Crippen molar-refractivity contribution in [3.05, 3.63) is 60.8 Å². The summed E-state index contributed by atoms with van der Waals surface area (Å²) in [5.74, 6) is 0.410. The number of nitrogens with one attached hydrogen (secondary N) is 1. The molecule has 112 valence electrons. The van der Waals surface area contributed by atoms with Gasteiger partial charge in [-0.25, -0.2) is 4.68 Å². The van der Waals surface area contributed by atoms with Gasteiger partial charge in [-0.05, 0) is 24.3 Å². The number of hydrogen-bond donors (Lipinski definition) is 1. The number of para-hydroxylation sites is 1. The summed E-state index contributed by atoms with van der Waals surface area (Å²) in [6, 6.07) is 13.2. The summed E-state index contributed by atoms with van der Waals surface area (Å²) in [5, 5.41) is 6.82. The Bertz CT molecular complexity index is 722. The molecule has 2 aromatic heterocycles. The van der Waals surface area contributed by atoms with E-state index in [1.165, 1.54) is 6.33 Å². The van der Waals surface area contributed by atoms with Gasteiger partial charge in [-0.2, -0.15) is 4.98 Å². The van der Waals surface area contributed by atoms with Gasteiger partial charge in [0.15, 0.2) is 6.61 Å². The van der Waals surface area contributed by atoms with E-state index in [1.54, 1.807) is 23.1 Å². The highest BCUT2D eigenvalue weighted by molar-refractivity contribution is 5.77. The number of aromatic nitrogens is 3. The van der Waals surface area contributed by atoms with Gasteiger partial charge in [0.1, 0.15) is 12.1 Å². The van der Waals surface area contributed by atoms with Crippen LogP contribution in [-0.4, -0.2) is 27.3 Å². The number of ether oxygens (including phenoxy) is 1. The van der Waals surface area contributed by atoms with Crippen molar-refractivity contribution in [2.75, 3.05) is 6.61 Å². The molecule has 0 aliphatic heterocycles. The fourth-order valence-corrected chi connectivity index (χ4v) is 1.80. The van der Waals surface area contributed by atoms with Crippen LogP contribution in [-0.2, 0) is 11.3 Å². The smallest absolute Gasteiger partial charge is 0.336 e. The quantitative estimate of drug-likeness (QED) is 0.746. The summed E-state index contributed by atoms with van der Waals surface area (Å²) >= 11 is 0. The topological polar surface area (TPSA) is 82.2 Å². The first kappa shape index (κ1) is 13.9. The molecule has 22 heavy (non-hydrogen) atoms. The van der Waals surface area contributed by atoms with Crippen LogP contribution in [0.15, 0.2) is 59.5 Å². The van der Waals surface area contributed by atoms with Gasteiger partial charge in [0.2, 0.25) is 0 Å². The molecule has 0 unspecified atom stereocenters. The maximum absolute atomic E-state index is 11.6. The van der Waals surface area contributed by atoms with E-state index in [0.717, 1.165) is 5.69 Å². The van der Waals surface area contributed by atoms with Gasteiger partial charge >= 0.3 is 6.01 Å². The van der Waals surface area contributed by atoms with Crippen LogP contribution in [0.25, 0.3) is 5.69 Å². The monoisotopic (exact) mass is 298 g/mol. The first-order chi connectivity index (χ1) is 10.8. The Hall–Kier alpha value is -3.09. The minimum atomic E-state index is -0.271. The second kappa shape index (κ2) is 6.57. The summed E-state index contributed by atoms with van der Waals surface area (Å²) in [6.45, 7) is 0.167. The molecule has 7 heteroatoms. The summed E-state index contributed by atoms with van der Waals surface area (Å²) in [6.07, 6.45) is 3.09. The van der Waals surface area contributed by atoms with Gasteiger partial charge in [-0.3, -0.25) is 4.79 Å². The van der Waals surface area contributed by atoms with Gasteiger partial charge in [0.05, 0.1) is 18.5 Å². The van der Waals surface area contributed by atoms with Crippen molar-refractivity contribution in [3.63, 3.8) is 0 Å². The molecule has 0 bridgehead atoms. The predicted molar refractivity (Wildman–Crippen MR) is 77.4 cm³/mol. The molecule has 1 amide bonds. The summed E-state index contributed by atoms with van der Waals surface area (Å²) < 4.78 is 11.9. The number of rotatable bonds is 6. The Morgan fingerprint density at radius 3 is 2.86 bits per heavy atom. The molecule has 0 aliphatic rings. The maximum atomic E-state index is 11.6. The maximum Gasteiger partial charge on any atom is 0.336 e. The minimum Gasteiger partial charge on any atom is -0.467 e. The third kappa shape index (κ3) is 3.51. The van der Waals surface area contributed by atoms with Gasteiger partial charge in [0.25, 0.3) is 5.91 Å². The lowest BCUT2D eigenvalue weighted by atomic mass is 10.3. The van der Waals surface area contributed by atoms with Crippen LogP contribution in [0.5, 0.6) is 6.01 Å². The average molecular weight is 298 g/mol. The van der Waals surface area contributed by atoms with E-state index in [0.29, 0.717) is 12.3 Å². The Labute approximate surface area is 126 Å². The van der Waals surface area contributed by atoms with E-state index in [-0.39, 0.29) is 18.5 Å². The lowest BCUT2D eigenvalue weighted by Gasteiger charge is -2.03. The van der Waals surface area contributed by atoms with Gasteiger partial charge in [0, 0.05) is 0 Å². The van der Waals surface area contributed by atoms with Crippen molar-refractivity contribution in [2.24, 2.45) is 0 Å². The lowest BCUT2D eigenvalue weighted by Crippen LogP contribution is -2.28. The van der Waals surface area contributed by atoms with Crippen LogP contribution in [0.2, 0.25) is 0 Å². The second-order valence-corrected chi connectivity index (χ2v) is 4.45. The van der Waals surface area contributed by atoms with Crippen LogP contribution in [0.3, 0.4) is 0 Å². The first-order valence-electron chi connectivity index (χ1n) is 6.70. The molecule has 3 aromatic rings. The van der Waals surface area contributed by atoms with Crippen LogP contribution in [0.1, 0.15) is 5.76 Å². The molecule has 1 aromatic carbocycles. The highest BCUT2D eigenvalue weighted by Crippen LogP contribution is 2.08. The third-order valence-corrected chi connectivity index (χ3v) is 2.86. The molecule has 0 atom stereocenters. The Kier molecular flexibility index (Phi) is 4.15. The molecule has 0 spiro atoms. The predicted octanol–water partition coefficient (Wildman–Crippen LogP) is 1.56. The molecule has 0 aliphatic carbocycles. The lowest BCUT2D eigenvalue weighted by molar-refractivity contribution is -0.123. The third-order valence-electron chi connectivity index (χ3n) is 2.86. The van der Waals surface area contributed by atoms with Gasteiger partial charge in [-0.15, -0.1) is 5.10 Å². The van der Waals surface area contributed by atoms with Crippen LogP contribution in [0.4, 0.5) is 0 Å². The second-order valence-electron chi connectivity index (χ2n) is 4.45. The highest BCUT2D eigenvalue weighted by atomic mass is 16.5. The first-order valence-corrected chi connectivity index (χ1v) is 6.70. The zero-order valence-electron chi connectivity index (χ0n) is 11.7. The zero-order valence-corrected chi connectivity index (χ0v) is 11.7. The van der Waals surface area contributed by atoms with Crippen molar-refractivity contribution < 1.29 is 13.9 Å². The van der Waals surface area contributed by atoms with E-state index < -0.39 is 0 Å². The zero-order chi connectivity index (χ0) is 15.2. The average Bonchev–Trinajstić information content (AvgIpc) is 3.23. The highest BCUT2D eigenvalue weighted by Gasteiger charge is 2.07. The molecule has 2 heterocycles. The number of hydrogen-bond acceptors (Lipinski definition) is 5. The molecular formula is C15H14N4O3. The van der Waals surface area contributed by atoms with Crippen molar-refractivity contribution in [1.82, 2.24) is 20.1 Å². The molecular weight excluding hydrogens is 284 g/mol. The van der Waals surface area contributed by atoms with E-state index in [2.05, 4.69) is 15.4 Å².